The van der Waals surface area contributed by atoms with Crippen LogP contribution in [0.4, 0.5) is 0 Å². The van der Waals surface area contributed by atoms with Crippen LogP contribution in [0.3, 0.4) is 0 Å². The lowest BCUT2D eigenvalue weighted by atomic mass is 10.1. The van der Waals surface area contributed by atoms with Crippen LogP contribution in [0.25, 0.3) is 23.0 Å². The van der Waals surface area contributed by atoms with Crippen LogP contribution in [0.15, 0.2) is 35.5 Å². The van der Waals surface area contributed by atoms with Gasteiger partial charge in [0, 0.05) is 22.7 Å². The van der Waals surface area contributed by atoms with Crippen LogP contribution >= 0.6 is 39.1 Å². The van der Waals surface area contributed by atoms with E-state index in [2.05, 4.69) is 31.4 Å². The van der Waals surface area contributed by atoms with E-state index in [1.807, 2.05) is 37.4 Å². The van der Waals surface area contributed by atoms with Crippen molar-refractivity contribution in [1.82, 2.24) is 9.38 Å². The Morgan fingerprint density at radius 2 is 1.96 bits per heavy atom. The molecule has 2 aromatic heterocycles. The molecule has 4 rings (SSSR count). The van der Waals surface area contributed by atoms with Gasteiger partial charge in [-0.25, -0.2) is 4.98 Å². The molecule has 1 aliphatic heterocycles. The monoisotopic (exact) mass is 407 g/mol. The lowest BCUT2D eigenvalue weighted by Gasteiger charge is -2.06. The number of alkyl halides is 1. The van der Waals surface area contributed by atoms with Gasteiger partial charge in [0.2, 0.25) is 0 Å². The standard InChI is InChI=1S/C17H12BrCl2N3/c1-9-16(15-12(19)3-2-4-13(15)20)22-17-11-7-10(18)8-21-14(11)5-6-23(9)17/h2-7,10H,8H2,1H3. The molecule has 0 N–H and O–H groups in total. The Balaban J connectivity index is 2.11. The van der Waals surface area contributed by atoms with E-state index < -0.39 is 0 Å². The van der Waals surface area contributed by atoms with Crippen molar-refractivity contribution in [2.24, 2.45) is 4.99 Å². The van der Waals surface area contributed by atoms with Gasteiger partial charge in [-0.1, -0.05) is 51.3 Å². The highest BCUT2D eigenvalue weighted by Crippen LogP contribution is 2.35. The second-order valence-corrected chi connectivity index (χ2v) is 7.46. The quantitative estimate of drug-likeness (QED) is 0.563. The van der Waals surface area contributed by atoms with Crippen LogP contribution in [0.2, 0.25) is 10.0 Å². The smallest absolute Gasteiger partial charge is 0.146 e. The maximum absolute atomic E-state index is 6.36. The molecule has 0 bridgehead atoms. The van der Waals surface area contributed by atoms with E-state index in [9.17, 15) is 0 Å². The molecule has 23 heavy (non-hydrogen) atoms. The Hall–Kier alpha value is -1.36. The normalized spacial score (nSPS) is 16.8. The molecule has 0 aliphatic carbocycles. The lowest BCUT2D eigenvalue weighted by molar-refractivity contribution is 0.968. The van der Waals surface area contributed by atoms with Crippen molar-refractivity contribution in [2.75, 3.05) is 6.54 Å². The van der Waals surface area contributed by atoms with Gasteiger partial charge in [-0.3, -0.25) is 4.99 Å². The van der Waals surface area contributed by atoms with E-state index in [4.69, 9.17) is 28.2 Å². The van der Waals surface area contributed by atoms with Crippen LogP contribution in [0.5, 0.6) is 0 Å². The number of aryl methyl sites for hydroxylation is 1. The number of halogens is 3. The van der Waals surface area contributed by atoms with E-state index in [0.29, 0.717) is 10.0 Å². The minimum atomic E-state index is 0.227. The number of nitrogens with zero attached hydrogens (tertiary/aromatic N) is 3. The second-order valence-electron chi connectivity index (χ2n) is 5.47. The fourth-order valence-corrected chi connectivity index (χ4v) is 3.90. The number of hydrogen-bond acceptors (Lipinski definition) is 2. The largest absolute Gasteiger partial charge is 0.303 e. The molecule has 1 unspecified atom stereocenters. The molecule has 3 nitrogen and oxygen atoms in total. The summed E-state index contributed by atoms with van der Waals surface area (Å²) in [5.74, 6) is 0. The topological polar surface area (TPSA) is 29.7 Å². The second kappa shape index (κ2) is 5.62. The summed E-state index contributed by atoms with van der Waals surface area (Å²) in [7, 11) is 0. The molecular formula is C17H12BrCl2N3. The van der Waals surface area contributed by atoms with Crippen molar-refractivity contribution in [3.8, 4) is 11.3 Å². The number of imidazole rings is 1. The molecular weight excluding hydrogens is 397 g/mol. The zero-order valence-electron chi connectivity index (χ0n) is 12.2. The molecule has 0 saturated heterocycles. The first-order chi connectivity index (χ1) is 11.1. The molecule has 1 aromatic carbocycles. The number of fused-ring (bicyclic) bond motifs is 3. The SMILES string of the molecule is Cc1c(-c2c(Cl)cccc2Cl)nc2c3c(ccn12)=NCC(Br)C=3. The van der Waals surface area contributed by atoms with Crippen LogP contribution in [0.1, 0.15) is 5.69 Å². The lowest BCUT2D eigenvalue weighted by Crippen LogP contribution is -2.33. The summed E-state index contributed by atoms with van der Waals surface area (Å²) in [6.45, 7) is 2.76. The van der Waals surface area contributed by atoms with Crippen molar-refractivity contribution >= 4 is 50.9 Å². The highest BCUT2D eigenvalue weighted by Gasteiger charge is 2.18. The van der Waals surface area contributed by atoms with Crippen molar-refractivity contribution < 1.29 is 0 Å². The van der Waals surface area contributed by atoms with Crippen LogP contribution in [-0.2, 0) is 0 Å². The Kier molecular flexibility index (Phi) is 3.71. The molecule has 0 amide bonds. The Morgan fingerprint density at radius 3 is 2.70 bits per heavy atom. The maximum atomic E-state index is 6.36. The van der Waals surface area contributed by atoms with E-state index in [1.54, 1.807) is 0 Å². The van der Waals surface area contributed by atoms with Crippen LogP contribution < -0.4 is 10.6 Å². The minimum absolute atomic E-state index is 0.227. The van der Waals surface area contributed by atoms with Gasteiger partial charge < -0.3 is 4.40 Å². The Bertz CT molecular complexity index is 1040. The summed E-state index contributed by atoms with van der Waals surface area (Å²) in [5.41, 5.74) is 3.45. The van der Waals surface area contributed by atoms with Gasteiger partial charge in [0.05, 0.1) is 32.5 Å². The van der Waals surface area contributed by atoms with E-state index >= 15 is 0 Å². The summed E-state index contributed by atoms with van der Waals surface area (Å²) in [4.78, 5) is 9.65. The number of hydrogen-bond donors (Lipinski definition) is 0. The molecule has 3 aromatic rings. The third-order valence-electron chi connectivity index (χ3n) is 4.03. The maximum Gasteiger partial charge on any atom is 0.146 e. The molecule has 0 fully saturated rings. The zero-order valence-corrected chi connectivity index (χ0v) is 15.3. The van der Waals surface area contributed by atoms with Crippen molar-refractivity contribution in [3.05, 3.63) is 56.8 Å². The average Bonchev–Trinajstić information content (AvgIpc) is 2.85. The van der Waals surface area contributed by atoms with Crippen molar-refractivity contribution in [3.63, 3.8) is 0 Å². The van der Waals surface area contributed by atoms with Gasteiger partial charge in [0.25, 0.3) is 0 Å². The number of pyridine rings is 1. The van der Waals surface area contributed by atoms with Crippen molar-refractivity contribution in [1.29, 1.82) is 0 Å². The summed E-state index contributed by atoms with van der Waals surface area (Å²) in [6, 6.07) is 7.52. The van der Waals surface area contributed by atoms with Crippen LogP contribution in [0, 0.1) is 6.92 Å². The highest BCUT2D eigenvalue weighted by molar-refractivity contribution is 9.09. The molecule has 1 atom stereocenters. The van der Waals surface area contributed by atoms with Gasteiger partial charge in [0.15, 0.2) is 0 Å². The molecule has 0 saturated carbocycles. The summed E-state index contributed by atoms with van der Waals surface area (Å²) in [5, 5.41) is 3.21. The molecule has 1 aliphatic rings. The third-order valence-corrected chi connectivity index (χ3v) is 5.22. The number of aromatic nitrogens is 2. The van der Waals surface area contributed by atoms with Crippen molar-refractivity contribution in [2.45, 2.75) is 11.8 Å². The fraction of sp³-hybridized carbons (Fsp3) is 0.176. The third kappa shape index (κ3) is 2.40. The van der Waals surface area contributed by atoms with E-state index in [-0.39, 0.29) is 4.83 Å². The molecule has 3 heterocycles. The summed E-state index contributed by atoms with van der Waals surface area (Å²) < 4.78 is 2.06. The number of rotatable bonds is 1. The Labute approximate surface area is 151 Å². The van der Waals surface area contributed by atoms with Gasteiger partial charge in [-0.2, -0.15) is 0 Å². The van der Waals surface area contributed by atoms with Gasteiger partial charge >= 0.3 is 0 Å². The summed E-state index contributed by atoms with van der Waals surface area (Å²) >= 11 is 16.3. The van der Waals surface area contributed by atoms with E-state index in [0.717, 1.165) is 39.7 Å². The highest BCUT2D eigenvalue weighted by atomic mass is 79.9. The fourth-order valence-electron chi connectivity index (χ4n) is 2.91. The molecule has 0 radical (unpaired) electrons. The summed E-state index contributed by atoms with van der Waals surface area (Å²) in [6.07, 6.45) is 4.15. The van der Waals surface area contributed by atoms with Gasteiger partial charge in [0.1, 0.15) is 5.65 Å². The van der Waals surface area contributed by atoms with Gasteiger partial charge in [-0.05, 0) is 25.1 Å². The average molecular weight is 409 g/mol. The predicted octanol–water partition coefficient (Wildman–Crippen LogP) is 3.79. The van der Waals surface area contributed by atoms with Gasteiger partial charge in [-0.15, -0.1) is 0 Å². The molecule has 0 spiro atoms. The molecule has 6 heteroatoms. The van der Waals surface area contributed by atoms with Crippen LogP contribution in [-0.4, -0.2) is 20.8 Å². The predicted molar refractivity (Wildman–Crippen MR) is 98.2 cm³/mol. The molecule has 116 valence electrons. The first kappa shape index (κ1) is 15.2. The first-order valence-corrected chi connectivity index (χ1v) is 8.86. The van der Waals surface area contributed by atoms with E-state index in [1.165, 1.54) is 0 Å². The first-order valence-electron chi connectivity index (χ1n) is 7.18. The minimum Gasteiger partial charge on any atom is -0.303 e. The Morgan fingerprint density at radius 1 is 1.22 bits per heavy atom. The number of benzene rings is 1. The zero-order chi connectivity index (χ0) is 16.1.